The van der Waals surface area contributed by atoms with Gasteiger partial charge < -0.3 is 4.74 Å². The molecule has 0 saturated heterocycles. The Kier molecular flexibility index (Phi) is 3.70. The van der Waals surface area contributed by atoms with E-state index in [2.05, 4.69) is 4.98 Å². The Labute approximate surface area is 131 Å². The molecule has 0 unspecified atom stereocenters. The van der Waals surface area contributed by atoms with E-state index in [1.807, 2.05) is 31.4 Å². The molecule has 0 N–H and O–H groups in total. The highest BCUT2D eigenvalue weighted by Crippen LogP contribution is 2.27. The van der Waals surface area contributed by atoms with Gasteiger partial charge >= 0.3 is 5.97 Å². The second-order valence-corrected chi connectivity index (χ2v) is 6.23. The third kappa shape index (κ3) is 2.62. The lowest BCUT2D eigenvalue weighted by atomic mass is 10.2. The van der Waals surface area contributed by atoms with Crippen LogP contribution in [-0.2, 0) is 4.74 Å². The molecule has 0 saturated carbocycles. The number of rotatable bonds is 3. The Morgan fingerprint density at radius 3 is 2.59 bits per heavy atom. The van der Waals surface area contributed by atoms with E-state index in [1.54, 1.807) is 12.1 Å². The summed E-state index contributed by atoms with van der Waals surface area (Å²) < 4.78 is 20.1. The van der Waals surface area contributed by atoms with Gasteiger partial charge in [0.15, 0.2) is 4.96 Å². The number of hydrogen-bond acceptors (Lipinski definition) is 4. The van der Waals surface area contributed by atoms with Crippen LogP contribution in [0.1, 0.15) is 29.2 Å². The lowest BCUT2D eigenvalue weighted by Crippen LogP contribution is -2.11. The SMILES string of the molecule is Cc1c(C(=O)OC(C)C)sc2nc(-c3ccc(F)cc3)cn12. The number of esters is 1. The fraction of sp³-hybridized carbons (Fsp3) is 0.250. The number of nitrogens with zero attached hydrogens (tertiary/aromatic N) is 2. The molecule has 6 heteroatoms. The van der Waals surface area contributed by atoms with E-state index in [-0.39, 0.29) is 17.9 Å². The van der Waals surface area contributed by atoms with E-state index in [1.165, 1.54) is 23.5 Å². The van der Waals surface area contributed by atoms with Crippen LogP contribution in [0, 0.1) is 12.7 Å². The number of aryl methyl sites for hydroxylation is 1. The Bertz CT molecular complexity index is 834. The molecular formula is C16H15FN2O2S. The quantitative estimate of drug-likeness (QED) is 0.684. The van der Waals surface area contributed by atoms with Crippen LogP contribution < -0.4 is 0 Å². The van der Waals surface area contributed by atoms with Gasteiger partial charge in [-0.15, -0.1) is 0 Å². The topological polar surface area (TPSA) is 43.6 Å². The minimum Gasteiger partial charge on any atom is -0.459 e. The molecule has 114 valence electrons. The molecule has 0 radical (unpaired) electrons. The maximum absolute atomic E-state index is 13.0. The first-order chi connectivity index (χ1) is 10.5. The average Bonchev–Trinajstić information content (AvgIpc) is 2.99. The van der Waals surface area contributed by atoms with Crippen molar-refractivity contribution < 1.29 is 13.9 Å². The van der Waals surface area contributed by atoms with Crippen LogP contribution in [0.5, 0.6) is 0 Å². The summed E-state index contributed by atoms with van der Waals surface area (Å²) in [6, 6.07) is 6.18. The van der Waals surface area contributed by atoms with Crippen molar-refractivity contribution in [3.63, 3.8) is 0 Å². The first-order valence-electron chi connectivity index (χ1n) is 6.91. The van der Waals surface area contributed by atoms with Gasteiger partial charge in [-0.1, -0.05) is 11.3 Å². The molecule has 0 fully saturated rings. The molecule has 0 aliphatic heterocycles. The van der Waals surface area contributed by atoms with Crippen molar-refractivity contribution in [2.24, 2.45) is 0 Å². The molecule has 3 rings (SSSR count). The minimum absolute atomic E-state index is 0.156. The number of carbonyl (C=O) groups is 1. The van der Waals surface area contributed by atoms with Gasteiger partial charge in [0.05, 0.1) is 11.8 Å². The number of carbonyl (C=O) groups excluding carboxylic acids is 1. The first kappa shape index (κ1) is 14.7. The molecule has 2 heterocycles. The number of halogens is 1. The van der Waals surface area contributed by atoms with E-state index in [0.717, 1.165) is 17.0 Å². The van der Waals surface area contributed by atoms with Gasteiger partial charge in [-0.3, -0.25) is 4.40 Å². The van der Waals surface area contributed by atoms with Gasteiger partial charge in [0.2, 0.25) is 0 Å². The molecule has 2 aromatic heterocycles. The predicted octanol–water partition coefficient (Wildman–Crippen LogP) is 4.08. The number of imidazole rings is 1. The van der Waals surface area contributed by atoms with Gasteiger partial charge in [-0.25, -0.2) is 14.2 Å². The van der Waals surface area contributed by atoms with Gasteiger partial charge in [0, 0.05) is 17.5 Å². The second-order valence-electron chi connectivity index (χ2n) is 5.26. The standard InChI is InChI=1S/C16H15FN2O2S/c1-9(2)21-15(20)14-10(3)19-8-13(18-16(19)22-14)11-4-6-12(17)7-5-11/h4-9H,1-3H3. The smallest absolute Gasteiger partial charge is 0.350 e. The lowest BCUT2D eigenvalue weighted by molar-refractivity contribution is 0.0382. The molecule has 0 aliphatic carbocycles. The van der Waals surface area contributed by atoms with Crippen LogP contribution in [0.3, 0.4) is 0 Å². The van der Waals surface area contributed by atoms with Crippen LogP contribution >= 0.6 is 11.3 Å². The first-order valence-corrected chi connectivity index (χ1v) is 7.73. The minimum atomic E-state index is -0.327. The number of thiazole rings is 1. The molecule has 0 atom stereocenters. The molecule has 0 aliphatic rings. The summed E-state index contributed by atoms with van der Waals surface area (Å²) in [6.45, 7) is 5.49. The summed E-state index contributed by atoms with van der Waals surface area (Å²) >= 11 is 1.30. The Morgan fingerprint density at radius 1 is 1.32 bits per heavy atom. The largest absolute Gasteiger partial charge is 0.459 e. The zero-order valence-corrected chi connectivity index (χ0v) is 13.3. The van der Waals surface area contributed by atoms with Crippen molar-refractivity contribution >= 4 is 22.3 Å². The fourth-order valence-corrected chi connectivity index (χ4v) is 3.16. The van der Waals surface area contributed by atoms with E-state index in [0.29, 0.717) is 9.84 Å². The van der Waals surface area contributed by atoms with E-state index in [4.69, 9.17) is 4.74 Å². The highest BCUT2D eigenvalue weighted by Gasteiger charge is 2.20. The summed E-state index contributed by atoms with van der Waals surface area (Å²) in [6.07, 6.45) is 1.69. The monoisotopic (exact) mass is 318 g/mol. The molecule has 0 amide bonds. The number of ether oxygens (including phenoxy) is 1. The van der Waals surface area contributed by atoms with Crippen molar-refractivity contribution in [2.45, 2.75) is 26.9 Å². The molecule has 3 aromatic rings. The van der Waals surface area contributed by atoms with Gasteiger partial charge in [-0.2, -0.15) is 0 Å². The lowest BCUT2D eigenvalue weighted by Gasteiger charge is -2.06. The summed E-state index contributed by atoms with van der Waals surface area (Å²) in [4.78, 5) is 17.8. The Hall–Kier alpha value is -2.21. The summed E-state index contributed by atoms with van der Waals surface area (Å²) in [5, 5.41) is 0. The summed E-state index contributed by atoms with van der Waals surface area (Å²) in [5.41, 5.74) is 2.38. The van der Waals surface area contributed by atoms with Crippen molar-refractivity contribution in [2.75, 3.05) is 0 Å². The second kappa shape index (κ2) is 5.53. The van der Waals surface area contributed by atoms with Crippen molar-refractivity contribution in [3.05, 3.63) is 46.9 Å². The molecule has 0 spiro atoms. The fourth-order valence-electron chi connectivity index (χ4n) is 2.17. The van der Waals surface area contributed by atoms with Crippen LogP contribution in [0.15, 0.2) is 30.5 Å². The van der Waals surface area contributed by atoms with Crippen LogP contribution in [0.2, 0.25) is 0 Å². The number of benzene rings is 1. The number of aromatic nitrogens is 2. The highest BCUT2D eigenvalue weighted by molar-refractivity contribution is 7.19. The number of hydrogen-bond donors (Lipinski definition) is 0. The Morgan fingerprint density at radius 2 is 2.00 bits per heavy atom. The van der Waals surface area contributed by atoms with Gasteiger partial charge in [-0.05, 0) is 45.0 Å². The van der Waals surface area contributed by atoms with E-state index in [9.17, 15) is 9.18 Å². The molecule has 4 nitrogen and oxygen atoms in total. The Balaban J connectivity index is 1.99. The summed E-state index contributed by atoms with van der Waals surface area (Å²) in [5.74, 6) is -0.606. The average molecular weight is 318 g/mol. The maximum atomic E-state index is 13.0. The van der Waals surface area contributed by atoms with Crippen LogP contribution in [-0.4, -0.2) is 21.5 Å². The predicted molar refractivity (Wildman–Crippen MR) is 83.8 cm³/mol. The highest BCUT2D eigenvalue weighted by atomic mass is 32.1. The molecule has 22 heavy (non-hydrogen) atoms. The third-order valence-electron chi connectivity index (χ3n) is 3.22. The zero-order chi connectivity index (χ0) is 15.9. The van der Waals surface area contributed by atoms with Crippen molar-refractivity contribution in [1.29, 1.82) is 0 Å². The normalized spacial score (nSPS) is 11.3. The zero-order valence-electron chi connectivity index (χ0n) is 12.5. The van der Waals surface area contributed by atoms with Crippen molar-refractivity contribution in [3.8, 4) is 11.3 Å². The van der Waals surface area contributed by atoms with E-state index >= 15 is 0 Å². The van der Waals surface area contributed by atoms with Crippen molar-refractivity contribution in [1.82, 2.24) is 9.38 Å². The number of fused-ring (bicyclic) bond motifs is 1. The molecule has 1 aromatic carbocycles. The van der Waals surface area contributed by atoms with E-state index < -0.39 is 0 Å². The maximum Gasteiger partial charge on any atom is 0.350 e. The van der Waals surface area contributed by atoms with Gasteiger partial charge in [0.1, 0.15) is 10.7 Å². The molecule has 0 bridgehead atoms. The van der Waals surface area contributed by atoms with Gasteiger partial charge in [0.25, 0.3) is 0 Å². The van der Waals surface area contributed by atoms with Crippen LogP contribution in [0.25, 0.3) is 16.2 Å². The van der Waals surface area contributed by atoms with Crippen LogP contribution in [0.4, 0.5) is 4.39 Å². The third-order valence-corrected chi connectivity index (χ3v) is 4.36. The molecular weight excluding hydrogens is 303 g/mol. The summed E-state index contributed by atoms with van der Waals surface area (Å²) in [7, 11) is 0.